The molecule has 178 valence electrons. The smallest absolute Gasteiger partial charge is 0.266 e. The van der Waals surface area contributed by atoms with Gasteiger partial charge in [-0.15, -0.1) is 9.35 Å². The molecule has 0 saturated heterocycles. The fourth-order valence-electron chi connectivity index (χ4n) is 4.63. The molecule has 0 unspecified atom stereocenters. The molecule has 0 aromatic heterocycles. The molecular weight excluding hydrogens is 459 g/mol. The number of halogens is 3. The summed E-state index contributed by atoms with van der Waals surface area (Å²) in [7, 11) is -4.50. The van der Waals surface area contributed by atoms with Crippen LogP contribution in [0.15, 0.2) is 30.3 Å². The van der Waals surface area contributed by atoms with E-state index in [1.807, 2.05) is 13.0 Å². The number of imide groups is 1. The molecule has 1 fully saturated rings. The van der Waals surface area contributed by atoms with Gasteiger partial charge in [-0.25, -0.2) is 0 Å². The lowest BCUT2D eigenvalue weighted by Crippen LogP contribution is -2.45. The first-order chi connectivity index (χ1) is 15.5. The Morgan fingerprint density at radius 1 is 1.03 bits per heavy atom. The molecule has 1 saturated carbocycles. The second-order valence-corrected chi connectivity index (χ2v) is 10.4. The van der Waals surface area contributed by atoms with E-state index in [-0.39, 0.29) is 41.9 Å². The third kappa shape index (κ3) is 4.38. The highest BCUT2D eigenvalue weighted by Crippen LogP contribution is 2.40. The predicted molar refractivity (Wildman–Crippen MR) is 115 cm³/mol. The van der Waals surface area contributed by atoms with Crippen molar-refractivity contribution in [3.63, 3.8) is 0 Å². The summed E-state index contributed by atoms with van der Waals surface area (Å²) in [4.78, 5) is 26.4. The Bertz CT molecular complexity index is 1200. The molecule has 2 aliphatic rings. The number of aryl methyl sites for hydroxylation is 1. The van der Waals surface area contributed by atoms with Crippen LogP contribution in [0.4, 0.5) is 13.2 Å². The second kappa shape index (κ2) is 8.72. The van der Waals surface area contributed by atoms with Crippen molar-refractivity contribution < 1.29 is 35.5 Å². The van der Waals surface area contributed by atoms with Crippen LogP contribution in [0.2, 0.25) is 0 Å². The standard InChI is InChI=1S/C23H24F3NO5S/c1-2-3-5-15-9-8-14-6-4-7-18-19(14)20(15)22(29)27(21(18)28)32-33(30,31)17-12-10-16(11-13-17)23(24,25)26/h4,6-9,16-17H,2-3,5,10-13H2,1H3. The first-order valence-electron chi connectivity index (χ1n) is 11.0. The maximum atomic E-state index is 13.3. The molecule has 6 nitrogen and oxygen atoms in total. The lowest BCUT2D eigenvalue weighted by molar-refractivity contribution is -0.181. The van der Waals surface area contributed by atoms with Gasteiger partial charge in [-0.1, -0.05) is 37.6 Å². The van der Waals surface area contributed by atoms with Crippen molar-refractivity contribution in [3.05, 3.63) is 47.0 Å². The average molecular weight is 484 g/mol. The molecule has 0 N–H and O–H groups in total. The third-order valence-corrected chi connectivity index (χ3v) is 8.11. The summed E-state index contributed by atoms with van der Waals surface area (Å²) in [6.45, 7) is 2.00. The molecular formula is C23H24F3NO5S. The molecule has 0 bridgehead atoms. The van der Waals surface area contributed by atoms with Crippen molar-refractivity contribution in [2.24, 2.45) is 5.92 Å². The van der Waals surface area contributed by atoms with Gasteiger partial charge in [0.25, 0.3) is 21.9 Å². The Kier molecular flexibility index (Phi) is 6.26. The number of hydrogen-bond acceptors (Lipinski definition) is 5. The molecule has 33 heavy (non-hydrogen) atoms. The summed E-state index contributed by atoms with van der Waals surface area (Å²) in [6, 6.07) is 8.50. The number of rotatable bonds is 6. The number of hydrogen-bond donors (Lipinski definition) is 0. The van der Waals surface area contributed by atoms with Crippen molar-refractivity contribution in [3.8, 4) is 0 Å². The van der Waals surface area contributed by atoms with Crippen molar-refractivity contribution in [1.82, 2.24) is 5.06 Å². The third-order valence-electron chi connectivity index (χ3n) is 6.47. The highest BCUT2D eigenvalue weighted by atomic mass is 32.2. The van der Waals surface area contributed by atoms with Gasteiger partial charge in [0.2, 0.25) is 0 Å². The van der Waals surface area contributed by atoms with Crippen LogP contribution in [0.5, 0.6) is 0 Å². The molecule has 4 rings (SSSR count). The van der Waals surface area contributed by atoms with Crippen LogP contribution in [0.3, 0.4) is 0 Å². The Hall–Kier alpha value is -2.46. The maximum absolute atomic E-state index is 13.3. The maximum Gasteiger partial charge on any atom is 0.391 e. The summed E-state index contributed by atoms with van der Waals surface area (Å²) in [5.74, 6) is -3.34. The normalized spacial score (nSPS) is 21.6. The van der Waals surface area contributed by atoms with Gasteiger partial charge in [0, 0.05) is 5.39 Å². The van der Waals surface area contributed by atoms with Crippen LogP contribution in [-0.4, -0.2) is 36.7 Å². The van der Waals surface area contributed by atoms with Gasteiger partial charge in [0.15, 0.2) is 0 Å². The summed E-state index contributed by atoms with van der Waals surface area (Å²) < 4.78 is 69.6. The lowest BCUT2D eigenvalue weighted by Gasteiger charge is -2.31. The Balaban J connectivity index is 1.64. The Morgan fingerprint density at radius 2 is 1.73 bits per heavy atom. The molecule has 0 atom stereocenters. The molecule has 0 spiro atoms. The fourth-order valence-corrected chi connectivity index (χ4v) is 5.95. The van der Waals surface area contributed by atoms with Crippen LogP contribution in [-0.2, 0) is 20.8 Å². The number of amides is 2. The van der Waals surface area contributed by atoms with Crippen LogP contribution >= 0.6 is 0 Å². The molecule has 2 amide bonds. The highest BCUT2D eigenvalue weighted by molar-refractivity contribution is 7.87. The zero-order valence-corrected chi connectivity index (χ0v) is 18.8. The van der Waals surface area contributed by atoms with Gasteiger partial charge in [-0.3, -0.25) is 9.59 Å². The molecule has 0 radical (unpaired) electrons. The van der Waals surface area contributed by atoms with Crippen LogP contribution in [0.1, 0.15) is 71.7 Å². The second-order valence-electron chi connectivity index (χ2n) is 8.59. The summed E-state index contributed by atoms with van der Waals surface area (Å²) in [5.41, 5.74) is 1.06. The monoisotopic (exact) mass is 483 g/mol. The number of carbonyl (C=O) groups excluding carboxylic acids is 2. The van der Waals surface area contributed by atoms with Gasteiger partial charge >= 0.3 is 6.18 Å². The summed E-state index contributed by atoms with van der Waals surface area (Å²) >= 11 is 0. The number of unbranched alkanes of at least 4 members (excludes halogenated alkanes) is 1. The Labute approximate surface area is 189 Å². The lowest BCUT2D eigenvalue weighted by atomic mass is 9.88. The van der Waals surface area contributed by atoms with E-state index >= 15 is 0 Å². The Morgan fingerprint density at radius 3 is 2.36 bits per heavy atom. The minimum atomic E-state index is -4.50. The largest absolute Gasteiger partial charge is 0.391 e. The van der Waals surface area contributed by atoms with E-state index in [1.54, 1.807) is 18.2 Å². The van der Waals surface area contributed by atoms with Gasteiger partial charge < -0.3 is 0 Å². The van der Waals surface area contributed by atoms with E-state index in [9.17, 15) is 31.2 Å². The quantitative estimate of drug-likeness (QED) is 0.530. The predicted octanol–water partition coefficient (Wildman–Crippen LogP) is 5.16. The number of alkyl halides is 3. The number of benzene rings is 2. The van der Waals surface area contributed by atoms with Crippen molar-refractivity contribution in [2.75, 3.05) is 0 Å². The molecule has 1 heterocycles. The van der Waals surface area contributed by atoms with E-state index in [2.05, 4.69) is 0 Å². The zero-order valence-electron chi connectivity index (χ0n) is 18.0. The van der Waals surface area contributed by atoms with Crippen molar-refractivity contribution in [1.29, 1.82) is 0 Å². The number of nitrogens with zero attached hydrogens (tertiary/aromatic N) is 1. The topological polar surface area (TPSA) is 80.8 Å². The van der Waals surface area contributed by atoms with Gasteiger partial charge in [-0.2, -0.15) is 21.6 Å². The first-order valence-corrected chi connectivity index (χ1v) is 12.4. The minimum Gasteiger partial charge on any atom is -0.266 e. The average Bonchev–Trinajstić information content (AvgIpc) is 2.78. The van der Waals surface area contributed by atoms with Gasteiger partial charge in [-0.05, 0) is 55.5 Å². The fraction of sp³-hybridized carbons (Fsp3) is 0.478. The van der Waals surface area contributed by atoms with Gasteiger partial charge in [0.05, 0.1) is 22.3 Å². The van der Waals surface area contributed by atoms with Crippen molar-refractivity contribution >= 4 is 32.7 Å². The number of hydroxylamine groups is 2. The van der Waals surface area contributed by atoms with Crippen LogP contribution in [0.25, 0.3) is 10.8 Å². The molecule has 1 aliphatic carbocycles. The molecule has 2 aromatic carbocycles. The van der Waals surface area contributed by atoms with Gasteiger partial charge in [0.1, 0.15) is 0 Å². The zero-order chi connectivity index (χ0) is 24.0. The first kappa shape index (κ1) is 23.7. The van der Waals surface area contributed by atoms with E-state index in [4.69, 9.17) is 4.28 Å². The SMILES string of the molecule is CCCCc1ccc2cccc3c2c1C(=O)N(OS(=O)(=O)C1CCC(C(F)(F)F)CC1)C3=O. The molecule has 10 heteroatoms. The van der Waals surface area contributed by atoms with E-state index in [1.165, 1.54) is 6.07 Å². The molecule has 1 aliphatic heterocycles. The summed E-state index contributed by atoms with van der Waals surface area (Å²) in [5, 5.41) is 0.184. The van der Waals surface area contributed by atoms with E-state index in [0.717, 1.165) is 12.8 Å². The summed E-state index contributed by atoms with van der Waals surface area (Å²) in [6.07, 6.45) is -3.34. The van der Waals surface area contributed by atoms with E-state index < -0.39 is 39.3 Å². The minimum absolute atomic E-state index is 0.149. The van der Waals surface area contributed by atoms with Crippen molar-refractivity contribution in [2.45, 2.75) is 63.3 Å². The highest BCUT2D eigenvalue weighted by Gasteiger charge is 2.46. The van der Waals surface area contributed by atoms with E-state index in [0.29, 0.717) is 22.8 Å². The number of carbonyl (C=O) groups is 2. The van der Waals surface area contributed by atoms with Crippen LogP contribution in [0, 0.1) is 5.92 Å². The molecule has 2 aromatic rings. The van der Waals surface area contributed by atoms with Crippen LogP contribution < -0.4 is 0 Å².